The van der Waals surface area contributed by atoms with Gasteiger partial charge in [0.1, 0.15) is 0 Å². The molecule has 0 heterocycles. The average molecular weight is 268 g/mol. The van der Waals surface area contributed by atoms with Gasteiger partial charge in [-0.2, -0.15) is 5.26 Å². The SMILES string of the molecule is CCN(CCC(=O)N(C)CCC#N)CC(=O)N(C)C. The largest absolute Gasteiger partial charge is 0.348 e. The van der Waals surface area contributed by atoms with E-state index < -0.39 is 0 Å². The first-order valence-electron chi connectivity index (χ1n) is 6.45. The van der Waals surface area contributed by atoms with Gasteiger partial charge in [-0.1, -0.05) is 6.92 Å². The lowest BCUT2D eigenvalue weighted by molar-refractivity contribution is -0.132. The highest BCUT2D eigenvalue weighted by atomic mass is 16.2. The fourth-order valence-corrected chi connectivity index (χ4v) is 1.47. The van der Waals surface area contributed by atoms with E-state index in [1.165, 1.54) is 0 Å². The number of carbonyl (C=O) groups is 2. The zero-order chi connectivity index (χ0) is 14.8. The van der Waals surface area contributed by atoms with E-state index in [0.717, 1.165) is 6.54 Å². The van der Waals surface area contributed by atoms with E-state index in [9.17, 15) is 9.59 Å². The van der Waals surface area contributed by atoms with E-state index >= 15 is 0 Å². The maximum absolute atomic E-state index is 11.8. The van der Waals surface area contributed by atoms with Gasteiger partial charge in [-0.05, 0) is 6.54 Å². The van der Waals surface area contributed by atoms with Crippen molar-refractivity contribution < 1.29 is 9.59 Å². The topological polar surface area (TPSA) is 67.6 Å². The molecule has 0 aromatic carbocycles. The monoisotopic (exact) mass is 268 g/mol. The Bertz CT molecular complexity index is 336. The fraction of sp³-hybridized carbons (Fsp3) is 0.769. The number of carbonyl (C=O) groups excluding carboxylic acids is 2. The molecule has 0 aromatic rings. The molecule has 19 heavy (non-hydrogen) atoms. The maximum atomic E-state index is 11.8. The Kier molecular flexibility index (Phi) is 8.55. The zero-order valence-electron chi connectivity index (χ0n) is 12.3. The van der Waals surface area contributed by atoms with Crippen LogP contribution in [0.1, 0.15) is 19.8 Å². The van der Waals surface area contributed by atoms with Gasteiger partial charge in [0.15, 0.2) is 0 Å². The number of likely N-dealkylation sites (N-methyl/N-ethyl adjacent to an activating group) is 2. The van der Waals surface area contributed by atoms with Crippen LogP contribution in [0.5, 0.6) is 0 Å². The lowest BCUT2D eigenvalue weighted by atomic mass is 10.3. The molecule has 0 atom stereocenters. The molecule has 0 rings (SSSR count). The van der Waals surface area contributed by atoms with Crippen LogP contribution in [0.4, 0.5) is 0 Å². The quantitative estimate of drug-likeness (QED) is 0.629. The van der Waals surface area contributed by atoms with Crippen molar-refractivity contribution in [1.29, 1.82) is 5.26 Å². The van der Waals surface area contributed by atoms with Crippen LogP contribution in [0.25, 0.3) is 0 Å². The summed E-state index contributed by atoms with van der Waals surface area (Å²) in [6, 6.07) is 2.01. The molecule has 0 radical (unpaired) electrons. The Morgan fingerprint density at radius 3 is 2.21 bits per heavy atom. The number of rotatable bonds is 8. The van der Waals surface area contributed by atoms with Crippen molar-refractivity contribution in [2.24, 2.45) is 0 Å². The van der Waals surface area contributed by atoms with E-state index in [4.69, 9.17) is 5.26 Å². The van der Waals surface area contributed by atoms with Gasteiger partial charge in [0.2, 0.25) is 11.8 Å². The molecule has 0 unspecified atom stereocenters. The van der Waals surface area contributed by atoms with Gasteiger partial charge in [-0.15, -0.1) is 0 Å². The van der Waals surface area contributed by atoms with Gasteiger partial charge >= 0.3 is 0 Å². The van der Waals surface area contributed by atoms with Gasteiger partial charge in [0, 0.05) is 40.7 Å². The minimum atomic E-state index is 0.00556. The Hall–Kier alpha value is -1.61. The van der Waals surface area contributed by atoms with Crippen molar-refractivity contribution in [2.75, 3.05) is 47.3 Å². The number of amides is 2. The minimum Gasteiger partial charge on any atom is -0.348 e. The standard InChI is InChI=1S/C13H24N4O2/c1-5-17(11-13(19)15(2)3)10-7-12(18)16(4)9-6-8-14/h5-7,9-11H2,1-4H3. The predicted octanol–water partition coefficient (Wildman–Crippen LogP) is 0.159. The summed E-state index contributed by atoms with van der Waals surface area (Å²) in [6.07, 6.45) is 0.718. The highest BCUT2D eigenvalue weighted by molar-refractivity contribution is 5.78. The van der Waals surface area contributed by atoms with Crippen LogP contribution < -0.4 is 0 Å². The summed E-state index contributed by atoms with van der Waals surface area (Å²) < 4.78 is 0. The van der Waals surface area contributed by atoms with Crippen molar-refractivity contribution in [2.45, 2.75) is 19.8 Å². The second-order valence-corrected chi connectivity index (χ2v) is 4.63. The predicted molar refractivity (Wildman–Crippen MR) is 73.3 cm³/mol. The number of hydrogen-bond acceptors (Lipinski definition) is 4. The summed E-state index contributed by atoms with van der Waals surface area (Å²) in [7, 11) is 5.13. The number of nitrogens with zero attached hydrogens (tertiary/aromatic N) is 4. The lowest BCUT2D eigenvalue weighted by Crippen LogP contribution is -2.39. The molecule has 0 aliphatic carbocycles. The molecule has 2 amide bonds. The molecule has 6 heteroatoms. The van der Waals surface area contributed by atoms with E-state index in [1.54, 1.807) is 30.9 Å². The molecule has 0 fully saturated rings. The minimum absolute atomic E-state index is 0.00556. The third kappa shape index (κ3) is 7.42. The molecular formula is C13H24N4O2. The van der Waals surface area contributed by atoms with Crippen molar-refractivity contribution >= 4 is 11.8 Å². The fourth-order valence-electron chi connectivity index (χ4n) is 1.47. The molecule has 0 spiro atoms. The molecule has 0 bridgehead atoms. The van der Waals surface area contributed by atoms with E-state index in [-0.39, 0.29) is 11.8 Å². The normalized spacial score (nSPS) is 10.1. The molecule has 0 N–H and O–H groups in total. The molecule has 108 valence electrons. The van der Waals surface area contributed by atoms with Crippen molar-refractivity contribution in [3.8, 4) is 6.07 Å². The summed E-state index contributed by atoms with van der Waals surface area (Å²) in [5.41, 5.74) is 0. The third-order valence-corrected chi connectivity index (χ3v) is 2.93. The molecule has 0 saturated heterocycles. The van der Waals surface area contributed by atoms with Gasteiger partial charge in [0.25, 0.3) is 0 Å². The van der Waals surface area contributed by atoms with Crippen molar-refractivity contribution in [3.63, 3.8) is 0 Å². The smallest absolute Gasteiger partial charge is 0.236 e. The highest BCUT2D eigenvalue weighted by Gasteiger charge is 2.14. The third-order valence-electron chi connectivity index (χ3n) is 2.93. The van der Waals surface area contributed by atoms with E-state index in [1.807, 2.05) is 17.9 Å². The molecule has 6 nitrogen and oxygen atoms in total. The van der Waals surface area contributed by atoms with E-state index in [0.29, 0.717) is 32.5 Å². The van der Waals surface area contributed by atoms with Crippen LogP contribution >= 0.6 is 0 Å². The highest BCUT2D eigenvalue weighted by Crippen LogP contribution is 1.98. The second-order valence-electron chi connectivity index (χ2n) is 4.63. The van der Waals surface area contributed by atoms with Crippen LogP contribution in [0.2, 0.25) is 0 Å². The van der Waals surface area contributed by atoms with Gasteiger partial charge in [-0.25, -0.2) is 0 Å². The Labute approximate surface area is 115 Å². The second kappa shape index (κ2) is 9.34. The number of nitriles is 1. The number of hydrogen-bond donors (Lipinski definition) is 0. The van der Waals surface area contributed by atoms with Gasteiger partial charge in [-0.3, -0.25) is 14.5 Å². The van der Waals surface area contributed by atoms with E-state index in [2.05, 4.69) is 0 Å². The summed E-state index contributed by atoms with van der Waals surface area (Å²) in [6.45, 7) is 4.05. The summed E-state index contributed by atoms with van der Waals surface area (Å²) in [5.74, 6) is 0.0399. The summed E-state index contributed by atoms with van der Waals surface area (Å²) in [5, 5.41) is 8.47. The maximum Gasteiger partial charge on any atom is 0.236 e. The molecule has 0 aromatic heterocycles. The Morgan fingerprint density at radius 1 is 1.11 bits per heavy atom. The van der Waals surface area contributed by atoms with Gasteiger partial charge in [0.05, 0.1) is 19.0 Å². The summed E-state index contributed by atoms with van der Waals surface area (Å²) >= 11 is 0. The molecule has 0 aliphatic heterocycles. The first-order chi connectivity index (χ1) is 8.92. The van der Waals surface area contributed by atoms with Crippen LogP contribution in [-0.4, -0.2) is 73.8 Å². The van der Waals surface area contributed by atoms with Crippen molar-refractivity contribution in [3.05, 3.63) is 0 Å². The summed E-state index contributed by atoms with van der Waals surface area (Å²) in [4.78, 5) is 28.4. The Morgan fingerprint density at radius 2 is 1.74 bits per heavy atom. The molecular weight excluding hydrogens is 244 g/mol. The lowest BCUT2D eigenvalue weighted by Gasteiger charge is -2.23. The Balaban J connectivity index is 4.10. The van der Waals surface area contributed by atoms with Gasteiger partial charge < -0.3 is 9.80 Å². The molecule has 0 saturated carbocycles. The first kappa shape index (κ1) is 17.4. The van der Waals surface area contributed by atoms with Crippen LogP contribution in [0, 0.1) is 11.3 Å². The van der Waals surface area contributed by atoms with Crippen molar-refractivity contribution in [1.82, 2.24) is 14.7 Å². The van der Waals surface area contributed by atoms with Crippen LogP contribution in [-0.2, 0) is 9.59 Å². The van der Waals surface area contributed by atoms with Crippen LogP contribution in [0.3, 0.4) is 0 Å². The zero-order valence-corrected chi connectivity index (χ0v) is 12.3. The molecule has 0 aliphatic rings. The average Bonchev–Trinajstić information content (AvgIpc) is 2.39. The first-order valence-corrected chi connectivity index (χ1v) is 6.45. The van der Waals surface area contributed by atoms with Crippen LogP contribution in [0.15, 0.2) is 0 Å².